The minimum atomic E-state index is -0.609. The highest BCUT2D eigenvalue weighted by atomic mass is 35.5. The second-order valence-electron chi connectivity index (χ2n) is 7.27. The van der Waals surface area contributed by atoms with Crippen LogP contribution in [0.5, 0.6) is 17.2 Å². The minimum Gasteiger partial charge on any atom is -0.496 e. The molecule has 0 radical (unpaired) electrons. The molecule has 0 bridgehead atoms. The van der Waals surface area contributed by atoms with Gasteiger partial charge in [0, 0.05) is 42.2 Å². The average molecular weight is 495 g/mol. The smallest absolute Gasteiger partial charge is 0.341 e. The summed E-state index contributed by atoms with van der Waals surface area (Å²) >= 11 is 6.17. The molecular formula is C25H20ClFN4O4. The van der Waals surface area contributed by atoms with Crippen LogP contribution in [0.25, 0.3) is 10.9 Å². The van der Waals surface area contributed by atoms with E-state index in [4.69, 9.17) is 21.3 Å². The number of methoxy groups -OCH3 is 1. The molecule has 3 amide bonds. The van der Waals surface area contributed by atoms with Gasteiger partial charge in [-0.2, -0.15) is 0 Å². The molecule has 4 rings (SSSR count). The maximum Gasteiger partial charge on any atom is 0.341 e. The number of benzene rings is 3. The lowest BCUT2D eigenvalue weighted by Crippen LogP contribution is -2.26. The lowest BCUT2D eigenvalue weighted by molar-refractivity contribution is 0.0960. The van der Waals surface area contributed by atoms with Gasteiger partial charge in [0.05, 0.1) is 23.9 Å². The van der Waals surface area contributed by atoms with E-state index >= 15 is 0 Å². The average Bonchev–Trinajstić information content (AvgIpc) is 2.89. The predicted molar refractivity (Wildman–Crippen MR) is 132 cm³/mol. The van der Waals surface area contributed by atoms with E-state index in [1.807, 2.05) is 0 Å². The van der Waals surface area contributed by atoms with Crippen LogP contribution in [0.2, 0.25) is 0 Å². The normalized spacial score (nSPS) is 10.5. The number of nitrogens with zero attached hydrogens (tertiary/aromatic N) is 2. The molecule has 0 atom stereocenters. The molecule has 0 unspecified atom stereocenters. The zero-order valence-corrected chi connectivity index (χ0v) is 19.5. The summed E-state index contributed by atoms with van der Waals surface area (Å²) < 4.78 is 25.3. The minimum absolute atomic E-state index is 0.302. The predicted octanol–water partition coefficient (Wildman–Crippen LogP) is 5.73. The van der Waals surface area contributed by atoms with E-state index in [-0.39, 0.29) is 5.91 Å². The van der Waals surface area contributed by atoms with Crippen molar-refractivity contribution in [3.8, 4) is 17.2 Å². The van der Waals surface area contributed by atoms with Crippen molar-refractivity contribution in [2.45, 2.75) is 0 Å². The summed E-state index contributed by atoms with van der Waals surface area (Å²) in [6, 6.07) is 16.2. The number of halogens is 2. The summed E-state index contributed by atoms with van der Waals surface area (Å²) in [4.78, 5) is 29.0. The van der Waals surface area contributed by atoms with Gasteiger partial charge in [-0.3, -0.25) is 9.78 Å². The van der Waals surface area contributed by atoms with Crippen LogP contribution >= 0.6 is 11.8 Å². The number of nitrogens with one attached hydrogen (secondary N) is 2. The number of hydrogen-bond donors (Lipinski definition) is 2. The zero-order valence-electron chi connectivity index (χ0n) is 18.7. The summed E-state index contributed by atoms with van der Waals surface area (Å²) in [6.45, 7) is 0. The maximum absolute atomic E-state index is 13.0. The van der Waals surface area contributed by atoms with Crippen molar-refractivity contribution in [3.05, 3.63) is 84.3 Å². The summed E-state index contributed by atoms with van der Waals surface area (Å²) in [7, 11) is 3.02. The van der Waals surface area contributed by atoms with Crippen LogP contribution in [0, 0.1) is 5.82 Å². The second kappa shape index (κ2) is 10.3. The van der Waals surface area contributed by atoms with E-state index in [0.29, 0.717) is 45.1 Å². The van der Waals surface area contributed by atoms with E-state index in [9.17, 15) is 14.0 Å². The Morgan fingerprint density at radius 3 is 2.37 bits per heavy atom. The van der Waals surface area contributed by atoms with Crippen molar-refractivity contribution >= 4 is 46.0 Å². The first-order chi connectivity index (χ1) is 16.9. The fraction of sp³-hybridized carbons (Fsp3) is 0.0800. The molecule has 0 aliphatic rings. The van der Waals surface area contributed by atoms with Gasteiger partial charge in [-0.25, -0.2) is 13.6 Å². The third-order valence-electron chi connectivity index (χ3n) is 5.06. The fourth-order valence-electron chi connectivity index (χ4n) is 3.31. The molecule has 178 valence electrons. The van der Waals surface area contributed by atoms with E-state index in [1.165, 1.54) is 38.4 Å². The number of anilines is 2. The molecule has 0 saturated carbocycles. The van der Waals surface area contributed by atoms with E-state index in [2.05, 4.69) is 15.6 Å². The Balaban J connectivity index is 1.54. The Bertz CT molecular complexity index is 1380. The number of aromatic nitrogens is 1. The van der Waals surface area contributed by atoms with Gasteiger partial charge in [-0.05, 0) is 60.7 Å². The molecule has 8 nitrogen and oxygen atoms in total. The van der Waals surface area contributed by atoms with Gasteiger partial charge in [0.1, 0.15) is 23.1 Å². The third-order valence-corrected chi connectivity index (χ3v) is 5.41. The summed E-state index contributed by atoms with van der Waals surface area (Å²) in [5, 5.41) is 5.78. The number of ether oxygens (including phenoxy) is 2. The van der Waals surface area contributed by atoms with Crippen LogP contribution in [0.15, 0.2) is 72.9 Å². The fourth-order valence-corrected chi connectivity index (χ4v) is 3.47. The molecule has 1 aromatic heterocycles. The van der Waals surface area contributed by atoms with Crippen molar-refractivity contribution in [2.24, 2.45) is 0 Å². The summed E-state index contributed by atoms with van der Waals surface area (Å²) in [6.07, 6.45) is 1.59. The van der Waals surface area contributed by atoms with Crippen LogP contribution < -0.4 is 24.5 Å². The zero-order chi connectivity index (χ0) is 24.9. The molecule has 0 fully saturated rings. The molecule has 0 saturated heterocycles. The first-order valence-corrected chi connectivity index (χ1v) is 10.7. The van der Waals surface area contributed by atoms with Crippen molar-refractivity contribution in [2.75, 3.05) is 23.9 Å². The van der Waals surface area contributed by atoms with Crippen LogP contribution in [-0.2, 0) is 0 Å². The molecule has 2 N–H and O–H groups in total. The van der Waals surface area contributed by atoms with E-state index < -0.39 is 11.8 Å². The van der Waals surface area contributed by atoms with Gasteiger partial charge >= 0.3 is 6.03 Å². The van der Waals surface area contributed by atoms with Crippen LogP contribution in [-0.4, -0.2) is 31.1 Å². The lowest BCUT2D eigenvalue weighted by atomic mass is 10.1. The second-order valence-corrected chi connectivity index (χ2v) is 7.61. The highest BCUT2D eigenvalue weighted by molar-refractivity contribution is 6.38. The van der Waals surface area contributed by atoms with Gasteiger partial charge in [0.25, 0.3) is 5.91 Å². The largest absolute Gasteiger partial charge is 0.496 e. The molecule has 1 heterocycles. The van der Waals surface area contributed by atoms with Crippen molar-refractivity contribution in [1.82, 2.24) is 10.3 Å². The number of amides is 3. The quantitative estimate of drug-likeness (QED) is 0.334. The number of carbonyl (C=O) groups excluding carboxylic acids is 2. The Morgan fingerprint density at radius 1 is 1.00 bits per heavy atom. The number of rotatable bonds is 6. The first kappa shape index (κ1) is 23.8. The Kier molecular flexibility index (Phi) is 6.98. The monoisotopic (exact) mass is 494 g/mol. The van der Waals surface area contributed by atoms with Gasteiger partial charge in [0.2, 0.25) is 0 Å². The number of carbonyl (C=O) groups is 2. The van der Waals surface area contributed by atoms with Crippen molar-refractivity contribution < 1.29 is 23.5 Å². The van der Waals surface area contributed by atoms with Crippen LogP contribution in [0.4, 0.5) is 20.6 Å². The molecule has 4 aromatic rings. The van der Waals surface area contributed by atoms with Gasteiger partial charge < -0.3 is 20.1 Å². The lowest BCUT2D eigenvalue weighted by Gasteiger charge is -2.16. The van der Waals surface area contributed by atoms with Gasteiger partial charge in [0.15, 0.2) is 0 Å². The van der Waals surface area contributed by atoms with E-state index in [1.54, 1.807) is 48.7 Å². The number of urea groups is 1. The first-order valence-electron chi connectivity index (χ1n) is 10.4. The van der Waals surface area contributed by atoms with Crippen molar-refractivity contribution in [3.63, 3.8) is 0 Å². The molecule has 10 heteroatoms. The summed E-state index contributed by atoms with van der Waals surface area (Å²) in [5.41, 5.74) is 1.73. The van der Waals surface area contributed by atoms with Gasteiger partial charge in [-0.1, -0.05) is 0 Å². The Hall–Kier alpha value is -4.37. The molecule has 0 spiro atoms. The molecule has 0 aliphatic carbocycles. The highest BCUT2D eigenvalue weighted by Gasteiger charge is 2.17. The number of hydrogen-bond acceptors (Lipinski definition) is 5. The molecular weight excluding hydrogens is 475 g/mol. The molecule has 3 aromatic carbocycles. The topological polar surface area (TPSA) is 92.8 Å². The van der Waals surface area contributed by atoms with Crippen LogP contribution in [0.3, 0.4) is 0 Å². The highest BCUT2D eigenvalue weighted by Crippen LogP contribution is 2.34. The SMILES string of the molecule is CNC(=O)c1cc2c(Oc3ccc(N(Cl)C(=O)Nc4ccc(F)cc4)cc3)ccnc2cc1OC. The molecule has 35 heavy (non-hydrogen) atoms. The Morgan fingerprint density at radius 2 is 1.71 bits per heavy atom. The van der Waals surface area contributed by atoms with Gasteiger partial charge in [-0.15, -0.1) is 0 Å². The van der Waals surface area contributed by atoms with Crippen molar-refractivity contribution in [1.29, 1.82) is 0 Å². The number of fused-ring (bicyclic) bond motifs is 1. The standard InChI is InChI=1S/C25H20ClFN4O4/c1-28-24(32)20-13-19-21(14-23(20)34-2)29-12-11-22(19)35-18-9-7-17(8-10-18)31(26)25(33)30-16-5-3-15(27)4-6-16/h3-14H,1-2H3,(H,28,32)(H,30,33). The molecule has 0 aliphatic heterocycles. The third kappa shape index (κ3) is 5.25. The maximum atomic E-state index is 13.0. The van der Waals surface area contributed by atoms with E-state index in [0.717, 1.165) is 4.42 Å². The Labute approximate surface area is 205 Å². The summed E-state index contributed by atoms with van der Waals surface area (Å²) in [5.74, 6) is 0.637. The number of pyridine rings is 1. The van der Waals surface area contributed by atoms with Crippen LogP contribution in [0.1, 0.15) is 10.4 Å².